The van der Waals surface area contributed by atoms with E-state index < -0.39 is 17.9 Å². The van der Waals surface area contributed by atoms with Gasteiger partial charge in [0.05, 0.1) is 46.6 Å². The Morgan fingerprint density at radius 1 is 1.05 bits per heavy atom. The van der Waals surface area contributed by atoms with Crippen molar-refractivity contribution in [3.63, 3.8) is 0 Å². The molecule has 0 spiro atoms. The lowest BCUT2D eigenvalue weighted by atomic mass is 9.84. The highest BCUT2D eigenvalue weighted by Gasteiger charge is 2.47. The first-order valence-corrected chi connectivity index (χ1v) is 15.9. The number of hydrogen-bond donors (Lipinski definition) is 1. The Bertz CT molecular complexity index is 1360. The van der Waals surface area contributed by atoms with E-state index in [1.165, 1.54) is 0 Å². The molecule has 44 heavy (non-hydrogen) atoms. The van der Waals surface area contributed by atoms with Crippen molar-refractivity contribution in [2.75, 3.05) is 72.1 Å². The molecule has 0 saturated carbocycles. The number of ether oxygens (including phenoxy) is 2. The molecule has 2 amide bonds. The van der Waals surface area contributed by atoms with Gasteiger partial charge in [-0.1, -0.05) is 37.6 Å². The molecule has 5 rings (SSSR count). The van der Waals surface area contributed by atoms with Crippen LogP contribution in [0.25, 0.3) is 0 Å². The summed E-state index contributed by atoms with van der Waals surface area (Å²) < 4.78 is 11.9. The Balaban J connectivity index is 1.39. The molecule has 0 bridgehead atoms. The van der Waals surface area contributed by atoms with Gasteiger partial charge in [0.15, 0.2) is 11.5 Å². The number of benzene rings is 2. The van der Waals surface area contributed by atoms with Gasteiger partial charge in [-0.25, -0.2) is 0 Å². The summed E-state index contributed by atoms with van der Waals surface area (Å²) in [6, 6.07) is 13.0. The Kier molecular flexibility index (Phi) is 9.80. The smallest absolute Gasteiger partial charge is 0.308 e. The molecule has 2 aromatic rings. The average molecular weight is 608 g/mol. The molecule has 3 aliphatic heterocycles. The number of anilines is 1. The van der Waals surface area contributed by atoms with E-state index >= 15 is 0 Å². The second-order valence-corrected chi connectivity index (χ2v) is 13.3. The summed E-state index contributed by atoms with van der Waals surface area (Å²) >= 11 is 0. The molecule has 1 N–H and O–H groups in total. The van der Waals surface area contributed by atoms with Gasteiger partial charge in [-0.15, -0.1) is 0 Å². The summed E-state index contributed by atoms with van der Waals surface area (Å²) in [5.74, 6) is -0.681. The molecule has 0 aliphatic carbocycles. The number of likely N-dealkylation sites (tertiary alicyclic amines) is 1. The number of para-hydroxylation sites is 1. The van der Waals surface area contributed by atoms with E-state index in [9.17, 15) is 19.5 Å². The number of quaternary nitrogens is 1. The van der Waals surface area contributed by atoms with E-state index in [1.54, 1.807) is 4.90 Å². The molecule has 3 aliphatic rings. The summed E-state index contributed by atoms with van der Waals surface area (Å²) in [6.07, 6.45) is 3.61. The summed E-state index contributed by atoms with van der Waals surface area (Å²) in [6.45, 7) is 5.56. The second kappa shape index (κ2) is 13.6. The Labute approximate surface area is 260 Å². The van der Waals surface area contributed by atoms with Crippen LogP contribution >= 0.6 is 0 Å². The SMILES string of the molecule is CCCCN(CCC[N+](C)(C)C)C(=O)CN1C[C@H](c2ccc3c(c2)OCO3)[C@@H](C(=O)O)[C@@H]1CCN1C(=O)Cc2ccccc21. The van der Waals surface area contributed by atoms with Gasteiger partial charge in [-0.2, -0.15) is 0 Å². The monoisotopic (exact) mass is 607 g/mol. The predicted octanol–water partition coefficient (Wildman–Crippen LogP) is 3.59. The molecule has 3 atom stereocenters. The first-order valence-electron chi connectivity index (χ1n) is 15.9. The first kappa shape index (κ1) is 31.8. The quantitative estimate of drug-likeness (QED) is 0.328. The fourth-order valence-corrected chi connectivity index (χ4v) is 6.88. The van der Waals surface area contributed by atoms with Gasteiger partial charge in [0, 0.05) is 50.2 Å². The maximum absolute atomic E-state index is 13.9. The van der Waals surface area contributed by atoms with Crippen LogP contribution in [0.3, 0.4) is 0 Å². The van der Waals surface area contributed by atoms with Crippen LogP contribution in [0, 0.1) is 5.92 Å². The summed E-state index contributed by atoms with van der Waals surface area (Å²) in [4.78, 5) is 45.6. The second-order valence-electron chi connectivity index (χ2n) is 13.3. The molecule has 1 fully saturated rings. The number of carbonyl (C=O) groups excluding carboxylic acids is 2. The number of carboxylic acid groups (broad SMARTS) is 1. The normalized spacial score (nSPS) is 21.1. The van der Waals surface area contributed by atoms with E-state index in [0.717, 1.165) is 47.1 Å². The zero-order valence-corrected chi connectivity index (χ0v) is 26.5. The fraction of sp³-hybridized carbons (Fsp3) is 0.559. The molecule has 0 unspecified atom stereocenters. The van der Waals surface area contributed by atoms with E-state index in [1.807, 2.05) is 47.4 Å². The number of hydrogen-bond acceptors (Lipinski definition) is 6. The van der Waals surface area contributed by atoms with Crippen molar-refractivity contribution in [3.05, 3.63) is 53.6 Å². The van der Waals surface area contributed by atoms with Crippen molar-refractivity contribution in [2.45, 2.75) is 51.0 Å². The lowest BCUT2D eigenvalue weighted by Gasteiger charge is -2.31. The number of fused-ring (bicyclic) bond motifs is 2. The van der Waals surface area contributed by atoms with Crippen molar-refractivity contribution < 1.29 is 33.4 Å². The summed E-state index contributed by atoms with van der Waals surface area (Å²) in [7, 11) is 6.45. The Morgan fingerprint density at radius 2 is 1.80 bits per heavy atom. The molecule has 0 radical (unpaired) electrons. The molecule has 3 heterocycles. The fourth-order valence-electron chi connectivity index (χ4n) is 6.88. The van der Waals surface area contributed by atoms with E-state index in [-0.39, 0.29) is 31.1 Å². The zero-order valence-electron chi connectivity index (χ0n) is 26.5. The number of aliphatic carboxylic acids is 1. The van der Waals surface area contributed by atoms with E-state index in [2.05, 4.69) is 33.0 Å². The number of carbonyl (C=O) groups is 3. The largest absolute Gasteiger partial charge is 0.481 e. The summed E-state index contributed by atoms with van der Waals surface area (Å²) in [5.41, 5.74) is 2.74. The van der Waals surface area contributed by atoms with Crippen LogP contribution in [-0.4, -0.2) is 110 Å². The number of nitrogens with zero attached hydrogens (tertiary/aromatic N) is 4. The highest BCUT2D eigenvalue weighted by Crippen LogP contribution is 2.43. The number of amides is 2. The van der Waals surface area contributed by atoms with Crippen LogP contribution in [0.4, 0.5) is 5.69 Å². The van der Waals surface area contributed by atoms with Crippen LogP contribution in [0.2, 0.25) is 0 Å². The van der Waals surface area contributed by atoms with Crippen molar-refractivity contribution in [2.24, 2.45) is 5.92 Å². The van der Waals surface area contributed by atoms with Gasteiger partial charge in [0.1, 0.15) is 0 Å². The summed E-state index contributed by atoms with van der Waals surface area (Å²) in [5, 5.41) is 10.6. The van der Waals surface area contributed by atoms with Crippen LogP contribution < -0.4 is 14.4 Å². The number of carboxylic acids is 1. The van der Waals surface area contributed by atoms with Crippen LogP contribution in [0.5, 0.6) is 11.5 Å². The first-order chi connectivity index (χ1) is 21.1. The minimum absolute atomic E-state index is 0.0222. The molecule has 0 aromatic heterocycles. The third-order valence-corrected chi connectivity index (χ3v) is 9.16. The van der Waals surface area contributed by atoms with E-state index in [4.69, 9.17) is 9.47 Å². The van der Waals surface area contributed by atoms with Gasteiger partial charge in [-0.05, 0) is 42.2 Å². The molecule has 1 saturated heterocycles. The lowest BCUT2D eigenvalue weighted by molar-refractivity contribution is -0.870. The van der Waals surface area contributed by atoms with Gasteiger partial charge >= 0.3 is 5.97 Å². The van der Waals surface area contributed by atoms with Gasteiger partial charge in [-0.3, -0.25) is 19.3 Å². The van der Waals surface area contributed by atoms with Gasteiger partial charge in [0.25, 0.3) is 0 Å². The van der Waals surface area contributed by atoms with Crippen molar-refractivity contribution in [1.82, 2.24) is 9.80 Å². The number of rotatable bonds is 14. The van der Waals surface area contributed by atoms with Crippen LogP contribution in [0.1, 0.15) is 49.7 Å². The van der Waals surface area contributed by atoms with Gasteiger partial charge < -0.3 is 28.9 Å². The Morgan fingerprint density at radius 3 is 2.55 bits per heavy atom. The van der Waals surface area contributed by atoms with Gasteiger partial charge in [0.2, 0.25) is 18.6 Å². The van der Waals surface area contributed by atoms with Crippen molar-refractivity contribution >= 4 is 23.5 Å². The van der Waals surface area contributed by atoms with Crippen molar-refractivity contribution in [3.8, 4) is 11.5 Å². The topological polar surface area (TPSA) is 99.6 Å². The predicted molar refractivity (Wildman–Crippen MR) is 168 cm³/mol. The molecular weight excluding hydrogens is 560 g/mol. The van der Waals surface area contributed by atoms with Crippen molar-refractivity contribution in [1.29, 1.82) is 0 Å². The lowest BCUT2D eigenvalue weighted by Crippen LogP contribution is -2.46. The molecule has 238 valence electrons. The molecule has 10 nitrogen and oxygen atoms in total. The molecular formula is C34H47N4O6+. The Hall–Kier alpha value is -3.63. The molecule has 10 heteroatoms. The number of unbranched alkanes of at least 4 members (excludes halogenated alkanes) is 1. The maximum Gasteiger partial charge on any atom is 0.308 e. The highest BCUT2D eigenvalue weighted by molar-refractivity contribution is 6.01. The third kappa shape index (κ3) is 7.18. The van der Waals surface area contributed by atoms with Crippen LogP contribution in [0.15, 0.2) is 42.5 Å². The van der Waals surface area contributed by atoms with Crippen LogP contribution in [-0.2, 0) is 20.8 Å². The third-order valence-electron chi connectivity index (χ3n) is 9.16. The average Bonchev–Trinajstić information content (AvgIpc) is 3.67. The highest BCUT2D eigenvalue weighted by atomic mass is 16.7. The minimum atomic E-state index is -0.897. The zero-order chi connectivity index (χ0) is 31.4. The standard InChI is InChI=1S/C34H46N4O6/c1-5-6-15-35(16-9-18-38(2,3)4)32(40)22-36-21-26(24-12-13-29-30(19-24)44-23-43-29)33(34(41)42)28(36)14-17-37-27-11-8-7-10-25(27)20-31(37)39/h7-8,10-13,19,26,28,33H,5-6,9,14-18,20-23H2,1-4H3/p+1/t26-,28+,33-/m1/s1. The minimum Gasteiger partial charge on any atom is -0.481 e. The molecule has 2 aromatic carbocycles. The van der Waals surface area contributed by atoms with E-state index in [0.29, 0.717) is 50.5 Å². The maximum atomic E-state index is 13.9.